The van der Waals surface area contributed by atoms with Gasteiger partial charge in [0.25, 0.3) is 0 Å². The van der Waals surface area contributed by atoms with E-state index < -0.39 is 5.60 Å². The average molecular weight is 457 g/mol. The predicted molar refractivity (Wildman–Crippen MR) is 106 cm³/mol. The van der Waals surface area contributed by atoms with Crippen molar-refractivity contribution in [1.29, 1.82) is 0 Å². The monoisotopic (exact) mass is 457 g/mol. The molecule has 2 atom stereocenters. The summed E-state index contributed by atoms with van der Waals surface area (Å²) in [5, 5.41) is 1.04. The van der Waals surface area contributed by atoms with Crippen molar-refractivity contribution in [2.45, 2.75) is 52.3 Å². The molecule has 3 heterocycles. The van der Waals surface area contributed by atoms with Crippen molar-refractivity contribution >= 4 is 45.5 Å². The molecule has 0 saturated carbocycles. The van der Waals surface area contributed by atoms with Gasteiger partial charge in [0.2, 0.25) is 0 Å². The average Bonchev–Trinajstić information content (AvgIpc) is 2.89. The topological polar surface area (TPSA) is 74.3 Å². The molecule has 1 amide bonds. The first kappa shape index (κ1) is 18.2. The lowest BCUT2D eigenvalue weighted by Gasteiger charge is -2.44. The van der Waals surface area contributed by atoms with Crippen LogP contribution in [-0.4, -0.2) is 56.7 Å². The SMILES string of the molecule is CC1CN(C(=O)OC(C)(C)C)[C@@H](C)CN1c1ncnc2[nH]cc(I)c12. The fourth-order valence-corrected chi connectivity index (χ4v) is 3.78. The smallest absolute Gasteiger partial charge is 0.410 e. The van der Waals surface area contributed by atoms with Crippen molar-refractivity contribution in [1.82, 2.24) is 19.9 Å². The van der Waals surface area contributed by atoms with Gasteiger partial charge in [0, 0.05) is 34.9 Å². The summed E-state index contributed by atoms with van der Waals surface area (Å²) in [5.41, 5.74) is 0.348. The number of rotatable bonds is 1. The number of carbonyl (C=O) groups excluding carboxylic acids is 1. The standard InChI is InChI=1S/C17H24IN5O2/c1-10-8-23(16(24)25-17(3,4)5)11(2)7-22(10)15-13-12(18)6-19-14(13)20-9-21-15/h6,9-11H,7-8H2,1-5H3,(H,19,20,21)/t10?,11-/m0/s1. The number of fused-ring (bicyclic) bond motifs is 1. The quantitative estimate of drug-likeness (QED) is 0.665. The van der Waals surface area contributed by atoms with E-state index in [1.54, 1.807) is 6.33 Å². The molecule has 136 valence electrons. The number of hydrogen-bond donors (Lipinski definition) is 1. The molecule has 1 unspecified atom stereocenters. The van der Waals surface area contributed by atoms with Gasteiger partial charge in [-0.05, 0) is 57.2 Å². The lowest BCUT2D eigenvalue weighted by atomic mass is 10.1. The molecule has 1 saturated heterocycles. The molecule has 2 aromatic heterocycles. The van der Waals surface area contributed by atoms with E-state index >= 15 is 0 Å². The van der Waals surface area contributed by atoms with Crippen molar-refractivity contribution < 1.29 is 9.53 Å². The highest BCUT2D eigenvalue weighted by molar-refractivity contribution is 14.1. The molecule has 0 aromatic carbocycles. The molecular formula is C17H24IN5O2. The maximum Gasteiger partial charge on any atom is 0.410 e. The van der Waals surface area contributed by atoms with Gasteiger partial charge < -0.3 is 19.5 Å². The molecule has 1 fully saturated rings. The maximum atomic E-state index is 12.5. The van der Waals surface area contributed by atoms with Crippen LogP contribution in [0.1, 0.15) is 34.6 Å². The summed E-state index contributed by atoms with van der Waals surface area (Å²) in [6, 6.07) is 0.167. The largest absolute Gasteiger partial charge is 0.444 e. The van der Waals surface area contributed by atoms with Crippen molar-refractivity contribution in [2.75, 3.05) is 18.0 Å². The van der Waals surface area contributed by atoms with Gasteiger partial charge >= 0.3 is 6.09 Å². The number of nitrogens with zero attached hydrogens (tertiary/aromatic N) is 4. The van der Waals surface area contributed by atoms with E-state index in [-0.39, 0.29) is 18.2 Å². The normalized spacial score (nSPS) is 21.7. The van der Waals surface area contributed by atoms with E-state index in [4.69, 9.17) is 4.74 Å². The molecule has 3 rings (SSSR count). The van der Waals surface area contributed by atoms with Gasteiger partial charge in [-0.2, -0.15) is 0 Å². The second-order valence-corrected chi connectivity index (χ2v) is 8.70. The Morgan fingerprint density at radius 2 is 2.00 bits per heavy atom. The third-order valence-corrected chi connectivity index (χ3v) is 5.14. The van der Waals surface area contributed by atoms with Gasteiger partial charge in [-0.3, -0.25) is 0 Å². The van der Waals surface area contributed by atoms with Gasteiger partial charge in [-0.1, -0.05) is 0 Å². The molecule has 1 aliphatic heterocycles. The van der Waals surface area contributed by atoms with Crippen LogP contribution in [0.5, 0.6) is 0 Å². The van der Waals surface area contributed by atoms with Crippen LogP contribution < -0.4 is 4.90 Å². The Morgan fingerprint density at radius 3 is 2.68 bits per heavy atom. The van der Waals surface area contributed by atoms with Crippen molar-refractivity contribution in [3.8, 4) is 0 Å². The van der Waals surface area contributed by atoms with Gasteiger partial charge in [0.15, 0.2) is 0 Å². The van der Waals surface area contributed by atoms with E-state index in [0.717, 1.165) is 20.4 Å². The van der Waals surface area contributed by atoms with E-state index in [2.05, 4.69) is 49.4 Å². The second-order valence-electron chi connectivity index (χ2n) is 7.54. The van der Waals surface area contributed by atoms with Crippen molar-refractivity contribution in [3.63, 3.8) is 0 Å². The van der Waals surface area contributed by atoms with Crippen molar-refractivity contribution in [2.24, 2.45) is 0 Å². The van der Waals surface area contributed by atoms with Gasteiger partial charge in [0.05, 0.1) is 5.39 Å². The number of piperazine rings is 1. The number of ether oxygens (including phenoxy) is 1. The molecule has 8 heteroatoms. The fourth-order valence-electron chi connectivity index (χ4n) is 3.12. The highest BCUT2D eigenvalue weighted by Gasteiger charge is 2.35. The molecule has 0 aliphatic carbocycles. The third-order valence-electron chi connectivity index (χ3n) is 4.29. The van der Waals surface area contributed by atoms with Crippen LogP contribution >= 0.6 is 22.6 Å². The predicted octanol–water partition coefficient (Wildman–Crippen LogP) is 3.40. The lowest BCUT2D eigenvalue weighted by molar-refractivity contribution is 0.0130. The molecule has 2 aromatic rings. The second kappa shape index (κ2) is 6.62. The van der Waals surface area contributed by atoms with Gasteiger partial charge in [-0.25, -0.2) is 14.8 Å². The summed E-state index contributed by atoms with van der Waals surface area (Å²) in [7, 11) is 0. The molecule has 0 radical (unpaired) electrons. The first-order chi connectivity index (χ1) is 11.7. The van der Waals surface area contributed by atoms with E-state index in [1.807, 2.05) is 38.8 Å². The summed E-state index contributed by atoms with van der Waals surface area (Å²) in [6.45, 7) is 11.1. The Hall–Kier alpha value is -1.58. The van der Waals surface area contributed by atoms with Crippen LogP contribution in [0.2, 0.25) is 0 Å². The number of H-pyrrole nitrogens is 1. The first-order valence-corrected chi connectivity index (χ1v) is 9.49. The molecule has 0 spiro atoms. The van der Waals surface area contributed by atoms with Crippen LogP contribution in [0, 0.1) is 3.57 Å². The number of aromatic nitrogens is 3. The van der Waals surface area contributed by atoms with Gasteiger partial charge in [0.1, 0.15) is 23.4 Å². The zero-order valence-corrected chi connectivity index (χ0v) is 17.4. The number of carbonyl (C=O) groups is 1. The minimum atomic E-state index is -0.489. The van der Waals surface area contributed by atoms with Crippen LogP contribution in [-0.2, 0) is 4.74 Å². The zero-order valence-electron chi connectivity index (χ0n) is 15.2. The zero-order chi connectivity index (χ0) is 18.4. The molecule has 1 N–H and O–H groups in total. The fraction of sp³-hybridized carbons (Fsp3) is 0.588. The number of hydrogen-bond acceptors (Lipinski definition) is 5. The molecule has 1 aliphatic rings. The Balaban J connectivity index is 1.85. The van der Waals surface area contributed by atoms with Crippen LogP contribution in [0.25, 0.3) is 11.0 Å². The van der Waals surface area contributed by atoms with E-state index in [0.29, 0.717) is 13.1 Å². The first-order valence-electron chi connectivity index (χ1n) is 8.41. The molecule has 0 bridgehead atoms. The molecular weight excluding hydrogens is 433 g/mol. The number of amides is 1. The Morgan fingerprint density at radius 1 is 1.28 bits per heavy atom. The van der Waals surface area contributed by atoms with Crippen LogP contribution in [0.15, 0.2) is 12.5 Å². The summed E-state index contributed by atoms with van der Waals surface area (Å²) in [5.74, 6) is 0.916. The highest BCUT2D eigenvalue weighted by Crippen LogP contribution is 2.31. The number of anilines is 1. The summed E-state index contributed by atoms with van der Waals surface area (Å²) < 4.78 is 6.65. The molecule has 7 nitrogen and oxygen atoms in total. The summed E-state index contributed by atoms with van der Waals surface area (Å²) >= 11 is 2.29. The number of nitrogens with one attached hydrogen (secondary N) is 1. The Bertz CT molecular complexity index is 785. The van der Waals surface area contributed by atoms with E-state index in [9.17, 15) is 4.79 Å². The maximum absolute atomic E-state index is 12.5. The third kappa shape index (κ3) is 3.68. The van der Waals surface area contributed by atoms with Gasteiger partial charge in [-0.15, -0.1) is 0 Å². The molecule has 25 heavy (non-hydrogen) atoms. The highest BCUT2D eigenvalue weighted by atomic mass is 127. The minimum Gasteiger partial charge on any atom is -0.444 e. The summed E-state index contributed by atoms with van der Waals surface area (Å²) in [6.07, 6.45) is 3.27. The Kier molecular flexibility index (Phi) is 4.82. The van der Waals surface area contributed by atoms with Crippen LogP contribution in [0.3, 0.4) is 0 Å². The van der Waals surface area contributed by atoms with Crippen molar-refractivity contribution in [3.05, 3.63) is 16.1 Å². The number of aromatic amines is 1. The Labute approximate surface area is 161 Å². The summed E-state index contributed by atoms with van der Waals surface area (Å²) in [4.78, 5) is 28.6. The number of halogens is 1. The minimum absolute atomic E-state index is 0.0349. The van der Waals surface area contributed by atoms with Crippen LogP contribution in [0.4, 0.5) is 10.6 Å². The van der Waals surface area contributed by atoms with E-state index in [1.165, 1.54) is 0 Å². The lowest BCUT2D eigenvalue weighted by Crippen LogP contribution is -2.59.